The number of halogens is 2. The molecule has 0 saturated carbocycles. The van der Waals surface area contributed by atoms with Gasteiger partial charge in [0.25, 0.3) is 6.43 Å². The molecule has 0 radical (unpaired) electrons. The van der Waals surface area contributed by atoms with Crippen molar-refractivity contribution in [3.05, 3.63) is 18.1 Å². The van der Waals surface area contributed by atoms with Crippen molar-refractivity contribution < 1.29 is 8.78 Å². The molecule has 0 amide bonds. The molecule has 0 saturated heterocycles. The first-order chi connectivity index (χ1) is 7.13. The van der Waals surface area contributed by atoms with Gasteiger partial charge < -0.3 is 10.6 Å². The van der Waals surface area contributed by atoms with Crippen molar-refractivity contribution in [1.82, 2.24) is 9.97 Å². The van der Waals surface area contributed by atoms with Crippen LogP contribution in [0.25, 0.3) is 0 Å². The third kappa shape index (κ3) is 3.75. The highest BCUT2D eigenvalue weighted by Crippen LogP contribution is 2.11. The lowest BCUT2D eigenvalue weighted by Gasteiger charge is -2.22. The molecule has 84 valence electrons. The van der Waals surface area contributed by atoms with E-state index in [1.165, 1.54) is 11.2 Å². The normalized spacial score (nSPS) is 10.7. The lowest BCUT2D eigenvalue weighted by molar-refractivity contribution is 0.154. The van der Waals surface area contributed by atoms with Crippen molar-refractivity contribution in [1.29, 1.82) is 0 Å². The minimum absolute atomic E-state index is 0.315. The zero-order valence-electron chi connectivity index (χ0n) is 8.53. The molecule has 15 heavy (non-hydrogen) atoms. The van der Waals surface area contributed by atoms with Crippen molar-refractivity contribution >= 4 is 5.82 Å². The predicted octanol–water partition coefficient (Wildman–Crippen LogP) is 0.815. The molecule has 0 unspecified atom stereocenters. The Morgan fingerprint density at radius 3 is 2.73 bits per heavy atom. The number of anilines is 1. The Labute approximate surface area is 87.1 Å². The van der Waals surface area contributed by atoms with Crippen LogP contribution in [-0.4, -0.2) is 36.0 Å². The van der Waals surface area contributed by atoms with Crippen molar-refractivity contribution in [3.63, 3.8) is 0 Å². The molecule has 6 heteroatoms. The van der Waals surface area contributed by atoms with E-state index in [1.807, 2.05) is 0 Å². The second kappa shape index (κ2) is 5.55. The maximum absolute atomic E-state index is 12.3. The van der Waals surface area contributed by atoms with E-state index in [9.17, 15) is 8.78 Å². The number of nitrogens with two attached hydrogens (primary N) is 1. The van der Waals surface area contributed by atoms with Gasteiger partial charge in [0.1, 0.15) is 12.1 Å². The summed E-state index contributed by atoms with van der Waals surface area (Å²) in [6.45, 7) is 2.11. The van der Waals surface area contributed by atoms with Gasteiger partial charge in [-0.15, -0.1) is 0 Å². The first-order valence-corrected chi connectivity index (χ1v) is 4.65. The zero-order chi connectivity index (χ0) is 11.3. The lowest BCUT2D eigenvalue weighted by Crippen LogP contribution is -2.34. The third-order valence-electron chi connectivity index (χ3n) is 1.87. The topological polar surface area (TPSA) is 55.0 Å². The highest BCUT2D eigenvalue weighted by Gasteiger charge is 2.13. The van der Waals surface area contributed by atoms with Crippen molar-refractivity contribution in [2.75, 3.05) is 24.5 Å². The van der Waals surface area contributed by atoms with Gasteiger partial charge in [-0.05, 0) is 6.92 Å². The number of alkyl halides is 2. The summed E-state index contributed by atoms with van der Waals surface area (Å²) in [5, 5.41) is 0. The zero-order valence-corrected chi connectivity index (χ0v) is 8.53. The molecule has 0 bridgehead atoms. The van der Waals surface area contributed by atoms with E-state index in [0.717, 1.165) is 5.69 Å². The van der Waals surface area contributed by atoms with Crippen LogP contribution in [0.4, 0.5) is 14.6 Å². The summed E-state index contributed by atoms with van der Waals surface area (Å²) in [7, 11) is 0. The molecule has 1 heterocycles. The third-order valence-corrected chi connectivity index (χ3v) is 1.87. The van der Waals surface area contributed by atoms with Crippen LogP contribution in [0.2, 0.25) is 0 Å². The first-order valence-electron chi connectivity index (χ1n) is 4.65. The summed E-state index contributed by atoms with van der Waals surface area (Å²) in [5.41, 5.74) is 6.10. The molecular formula is C9H14F2N4. The molecule has 1 aromatic heterocycles. The number of rotatable bonds is 5. The fourth-order valence-electron chi connectivity index (χ4n) is 1.24. The van der Waals surface area contributed by atoms with Gasteiger partial charge in [-0.1, -0.05) is 0 Å². The van der Waals surface area contributed by atoms with Crippen LogP contribution in [0.1, 0.15) is 5.69 Å². The second-order valence-electron chi connectivity index (χ2n) is 3.14. The molecule has 0 aliphatic carbocycles. The molecule has 4 nitrogen and oxygen atoms in total. The van der Waals surface area contributed by atoms with Crippen LogP contribution in [-0.2, 0) is 0 Å². The monoisotopic (exact) mass is 216 g/mol. The van der Waals surface area contributed by atoms with E-state index in [-0.39, 0.29) is 6.54 Å². The number of aryl methyl sites for hydroxylation is 1. The van der Waals surface area contributed by atoms with Crippen molar-refractivity contribution in [3.8, 4) is 0 Å². The van der Waals surface area contributed by atoms with E-state index in [2.05, 4.69) is 9.97 Å². The van der Waals surface area contributed by atoms with Gasteiger partial charge in [0.2, 0.25) is 0 Å². The van der Waals surface area contributed by atoms with Crippen LogP contribution >= 0.6 is 0 Å². The summed E-state index contributed by atoms with van der Waals surface area (Å²) >= 11 is 0. The summed E-state index contributed by atoms with van der Waals surface area (Å²) in [4.78, 5) is 9.30. The second-order valence-corrected chi connectivity index (χ2v) is 3.14. The largest absolute Gasteiger partial charge is 0.350 e. The summed E-state index contributed by atoms with van der Waals surface area (Å²) in [6, 6.07) is 1.66. The Morgan fingerprint density at radius 2 is 2.20 bits per heavy atom. The van der Waals surface area contributed by atoms with Gasteiger partial charge in [0.05, 0.1) is 6.54 Å². The Balaban J connectivity index is 2.78. The van der Waals surface area contributed by atoms with Crippen molar-refractivity contribution in [2.24, 2.45) is 5.73 Å². The Kier molecular flexibility index (Phi) is 4.36. The SMILES string of the molecule is Cc1cc(N(CCN)CC(F)F)ncn1. The first kappa shape index (κ1) is 11.8. The van der Waals surface area contributed by atoms with Gasteiger partial charge >= 0.3 is 0 Å². The number of nitrogens with zero attached hydrogens (tertiary/aromatic N) is 3. The average Bonchev–Trinajstić information content (AvgIpc) is 2.16. The van der Waals surface area contributed by atoms with E-state index in [4.69, 9.17) is 5.73 Å². The van der Waals surface area contributed by atoms with Crippen LogP contribution < -0.4 is 10.6 Å². The van der Waals surface area contributed by atoms with Crippen LogP contribution in [0.15, 0.2) is 12.4 Å². The molecule has 0 fully saturated rings. The van der Waals surface area contributed by atoms with E-state index in [1.54, 1.807) is 13.0 Å². The standard InChI is InChI=1S/C9H14F2N4/c1-7-4-9(14-6-13-7)15(3-2-12)5-8(10)11/h4,6,8H,2-3,5,12H2,1H3. The maximum atomic E-state index is 12.3. The molecule has 0 atom stereocenters. The van der Waals surface area contributed by atoms with Gasteiger partial charge in [-0.3, -0.25) is 0 Å². The smallest absolute Gasteiger partial charge is 0.255 e. The molecule has 0 aliphatic rings. The minimum atomic E-state index is -2.40. The Bertz CT molecular complexity index is 306. The predicted molar refractivity (Wildman–Crippen MR) is 54.0 cm³/mol. The Hall–Kier alpha value is -1.30. The summed E-state index contributed by atoms with van der Waals surface area (Å²) in [5.74, 6) is 0.494. The van der Waals surface area contributed by atoms with Crippen LogP contribution in [0, 0.1) is 6.92 Å². The number of aromatic nitrogens is 2. The molecule has 0 aliphatic heterocycles. The highest BCUT2D eigenvalue weighted by molar-refractivity contribution is 5.38. The van der Waals surface area contributed by atoms with Gasteiger partial charge in [-0.25, -0.2) is 18.7 Å². The van der Waals surface area contributed by atoms with Crippen molar-refractivity contribution in [2.45, 2.75) is 13.3 Å². The highest BCUT2D eigenvalue weighted by atomic mass is 19.3. The van der Waals surface area contributed by atoms with Crippen LogP contribution in [0.3, 0.4) is 0 Å². The fourth-order valence-corrected chi connectivity index (χ4v) is 1.24. The van der Waals surface area contributed by atoms with Gasteiger partial charge in [0.15, 0.2) is 0 Å². The maximum Gasteiger partial charge on any atom is 0.255 e. The molecule has 1 aromatic rings. The number of hydrogen-bond donors (Lipinski definition) is 1. The quantitative estimate of drug-likeness (QED) is 0.791. The molecule has 0 spiro atoms. The lowest BCUT2D eigenvalue weighted by atomic mass is 10.4. The number of hydrogen-bond acceptors (Lipinski definition) is 4. The minimum Gasteiger partial charge on any atom is -0.350 e. The van der Waals surface area contributed by atoms with Crippen LogP contribution in [0.5, 0.6) is 0 Å². The molecular weight excluding hydrogens is 202 g/mol. The Morgan fingerprint density at radius 1 is 1.47 bits per heavy atom. The van der Waals surface area contributed by atoms with E-state index in [0.29, 0.717) is 18.9 Å². The summed E-state index contributed by atoms with van der Waals surface area (Å²) < 4.78 is 24.5. The van der Waals surface area contributed by atoms with E-state index < -0.39 is 6.43 Å². The molecule has 1 rings (SSSR count). The van der Waals surface area contributed by atoms with E-state index >= 15 is 0 Å². The molecule has 2 N–H and O–H groups in total. The van der Waals surface area contributed by atoms with Gasteiger partial charge in [-0.2, -0.15) is 0 Å². The average molecular weight is 216 g/mol. The fraction of sp³-hybridized carbons (Fsp3) is 0.556. The molecule has 0 aromatic carbocycles. The van der Waals surface area contributed by atoms with Gasteiger partial charge in [0, 0.05) is 24.8 Å². The summed E-state index contributed by atoms with van der Waals surface area (Å²) in [6.07, 6.45) is -1.04.